The van der Waals surface area contributed by atoms with Crippen LogP contribution >= 0.6 is 0 Å². The van der Waals surface area contributed by atoms with Crippen molar-refractivity contribution in [2.75, 3.05) is 25.5 Å². The van der Waals surface area contributed by atoms with Gasteiger partial charge in [-0.05, 0) is 42.0 Å². The van der Waals surface area contributed by atoms with Gasteiger partial charge >= 0.3 is 0 Å². The van der Waals surface area contributed by atoms with Gasteiger partial charge in [-0.3, -0.25) is 9.78 Å². The number of anilines is 1. The smallest absolute Gasteiger partial charge is 0.269 e. The minimum Gasteiger partial charge on any atom is -0.378 e. The minimum atomic E-state index is -3.71. The quantitative estimate of drug-likeness (QED) is 0.649. The van der Waals surface area contributed by atoms with Crippen molar-refractivity contribution in [3.05, 3.63) is 90.3 Å². The molecule has 1 aromatic heterocycles. The van der Waals surface area contributed by atoms with Gasteiger partial charge in [0.2, 0.25) is 0 Å². The van der Waals surface area contributed by atoms with E-state index in [1.807, 2.05) is 31.1 Å². The first-order chi connectivity index (χ1) is 13.9. The molecule has 3 rings (SSSR count). The molecule has 1 N–H and O–H groups in total. The third-order valence-electron chi connectivity index (χ3n) is 4.57. The highest BCUT2D eigenvalue weighted by molar-refractivity contribution is 7.91. The van der Waals surface area contributed by atoms with Gasteiger partial charge in [0, 0.05) is 32.5 Å². The molecule has 0 aliphatic rings. The molecular weight excluding hydrogens is 386 g/mol. The van der Waals surface area contributed by atoms with Crippen LogP contribution in [0.4, 0.5) is 5.69 Å². The number of amides is 1. The zero-order valence-corrected chi connectivity index (χ0v) is 17.1. The summed E-state index contributed by atoms with van der Waals surface area (Å²) in [7, 11) is 0.120. The molecule has 0 fully saturated rings. The summed E-state index contributed by atoms with van der Waals surface area (Å²) in [6.45, 7) is -0.0616. The largest absolute Gasteiger partial charge is 0.378 e. The maximum atomic E-state index is 13.3. The molecule has 6 nitrogen and oxygen atoms in total. The zero-order chi connectivity index (χ0) is 20.9. The minimum absolute atomic E-state index is 0.0616. The Bertz CT molecular complexity index is 1050. The Balaban J connectivity index is 1.92. The van der Waals surface area contributed by atoms with E-state index in [0.717, 1.165) is 5.69 Å². The fraction of sp³-hybridized carbons (Fsp3) is 0.182. The number of hydrogen-bond acceptors (Lipinski definition) is 5. The molecule has 0 radical (unpaired) electrons. The van der Waals surface area contributed by atoms with Crippen LogP contribution in [-0.4, -0.2) is 39.9 Å². The normalized spacial score (nSPS) is 12.2. The lowest BCUT2D eigenvalue weighted by atomic mass is 10.1. The number of carbonyl (C=O) groups excluding carboxylic acids is 1. The third kappa shape index (κ3) is 4.81. The topological polar surface area (TPSA) is 79.4 Å². The van der Waals surface area contributed by atoms with E-state index >= 15 is 0 Å². The number of nitrogens with zero attached hydrogens (tertiary/aromatic N) is 2. The molecule has 29 heavy (non-hydrogen) atoms. The summed E-state index contributed by atoms with van der Waals surface area (Å²) >= 11 is 0. The van der Waals surface area contributed by atoms with Crippen molar-refractivity contribution in [3.63, 3.8) is 0 Å². The van der Waals surface area contributed by atoms with Crippen LogP contribution in [0.3, 0.4) is 0 Å². The molecule has 0 bridgehead atoms. The fourth-order valence-corrected chi connectivity index (χ4v) is 4.62. The van der Waals surface area contributed by atoms with Crippen LogP contribution in [-0.2, 0) is 9.84 Å². The number of rotatable bonds is 7. The van der Waals surface area contributed by atoms with E-state index in [1.54, 1.807) is 60.7 Å². The Kier molecular flexibility index (Phi) is 6.29. The Morgan fingerprint density at radius 2 is 1.62 bits per heavy atom. The van der Waals surface area contributed by atoms with Crippen LogP contribution < -0.4 is 10.2 Å². The second kappa shape index (κ2) is 8.87. The first-order valence-electron chi connectivity index (χ1n) is 9.15. The Morgan fingerprint density at radius 1 is 0.966 bits per heavy atom. The molecule has 0 saturated heterocycles. The maximum absolute atomic E-state index is 13.3. The molecule has 3 aromatic rings. The van der Waals surface area contributed by atoms with Crippen molar-refractivity contribution < 1.29 is 13.2 Å². The summed E-state index contributed by atoms with van der Waals surface area (Å²) in [5.74, 6) is -0.413. The van der Waals surface area contributed by atoms with Crippen molar-refractivity contribution in [3.8, 4) is 0 Å². The zero-order valence-electron chi connectivity index (χ0n) is 16.3. The summed E-state index contributed by atoms with van der Waals surface area (Å²) in [5.41, 5.74) is 1.81. The molecule has 0 aliphatic carbocycles. The summed E-state index contributed by atoms with van der Waals surface area (Å²) in [5, 5.41) is 1.80. The molecule has 1 atom stereocenters. The number of hydrogen-bond donors (Lipinski definition) is 1. The van der Waals surface area contributed by atoms with E-state index in [9.17, 15) is 13.2 Å². The standard InChI is InChI=1S/C22H23N3O3S/c1-25(2)18-13-11-17(12-14-18)21(29(27,28)19-8-4-3-5-9-19)16-24-22(26)20-10-6-7-15-23-20/h3-15,21H,16H2,1-2H3,(H,24,26)/t21-/m1/s1. The molecule has 1 amide bonds. The predicted octanol–water partition coefficient (Wildman–Crippen LogP) is 3.09. The van der Waals surface area contributed by atoms with E-state index in [0.29, 0.717) is 5.56 Å². The Labute approximate surface area is 171 Å². The summed E-state index contributed by atoms with van der Waals surface area (Å²) in [6, 6.07) is 20.6. The van der Waals surface area contributed by atoms with Gasteiger partial charge < -0.3 is 10.2 Å². The molecule has 0 unspecified atom stereocenters. The predicted molar refractivity (Wildman–Crippen MR) is 114 cm³/mol. The van der Waals surface area contributed by atoms with Gasteiger partial charge in [0.25, 0.3) is 5.91 Å². The number of sulfone groups is 1. The summed E-state index contributed by atoms with van der Waals surface area (Å²) in [6.07, 6.45) is 1.52. The van der Waals surface area contributed by atoms with Crippen molar-refractivity contribution in [2.24, 2.45) is 0 Å². The highest BCUT2D eigenvalue weighted by atomic mass is 32.2. The molecule has 150 valence electrons. The van der Waals surface area contributed by atoms with E-state index in [4.69, 9.17) is 0 Å². The van der Waals surface area contributed by atoms with Gasteiger partial charge in [0.15, 0.2) is 9.84 Å². The lowest BCUT2D eigenvalue weighted by Crippen LogP contribution is -2.32. The van der Waals surface area contributed by atoms with Crippen molar-refractivity contribution >= 4 is 21.4 Å². The van der Waals surface area contributed by atoms with Crippen molar-refractivity contribution in [1.29, 1.82) is 0 Å². The first-order valence-corrected chi connectivity index (χ1v) is 10.7. The maximum Gasteiger partial charge on any atom is 0.269 e. The number of pyridine rings is 1. The number of aromatic nitrogens is 1. The molecule has 0 aliphatic heterocycles. The van der Waals surface area contributed by atoms with Crippen molar-refractivity contribution in [1.82, 2.24) is 10.3 Å². The van der Waals surface area contributed by atoms with Crippen LogP contribution in [0.1, 0.15) is 21.3 Å². The molecule has 0 spiro atoms. The van der Waals surface area contributed by atoms with Crippen LogP contribution in [0.15, 0.2) is 83.9 Å². The number of carbonyl (C=O) groups is 1. The highest BCUT2D eigenvalue weighted by Gasteiger charge is 2.29. The Hall–Kier alpha value is -3.19. The van der Waals surface area contributed by atoms with Gasteiger partial charge in [0.05, 0.1) is 4.90 Å². The van der Waals surface area contributed by atoms with Gasteiger partial charge in [0.1, 0.15) is 10.9 Å². The SMILES string of the molecule is CN(C)c1ccc([C@@H](CNC(=O)c2ccccn2)S(=O)(=O)c2ccccc2)cc1. The van der Waals surface area contributed by atoms with Crippen LogP contribution in [0.25, 0.3) is 0 Å². The highest BCUT2D eigenvalue weighted by Crippen LogP contribution is 2.29. The molecular formula is C22H23N3O3S. The third-order valence-corrected chi connectivity index (χ3v) is 6.69. The van der Waals surface area contributed by atoms with E-state index in [2.05, 4.69) is 10.3 Å². The monoisotopic (exact) mass is 409 g/mol. The lowest BCUT2D eigenvalue weighted by Gasteiger charge is -2.20. The summed E-state index contributed by atoms with van der Waals surface area (Å²) in [4.78, 5) is 18.6. The molecule has 0 saturated carbocycles. The van der Waals surface area contributed by atoms with Gasteiger partial charge in [-0.1, -0.05) is 36.4 Å². The molecule has 7 heteroatoms. The average molecular weight is 410 g/mol. The van der Waals surface area contributed by atoms with Crippen molar-refractivity contribution in [2.45, 2.75) is 10.1 Å². The van der Waals surface area contributed by atoms with Crippen LogP contribution in [0, 0.1) is 0 Å². The average Bonchev–Trinajstić information content (AvgIpc) is 2.75. The number of benzene rings is 2. The van der Waals surface area contributed by atoms with Gasteiger partial charge in [-0.15, -0.1) is 0 Å². The number of nitrogens with one attached hydrogen (secondary N) is 1. The fourth-order valence-electron chi connectivity index (χ4n) is 2.94. The van der Waals surface area contributed by atoms with E-state index in [-0.39, 0.29) is 17.1 Å². The second-order valence-electron chi connectivity index (χ2n) is 6.76. The lowest BCUT2D eigenvalue weighted by molar-refractivity contribution is 0.0948. The van der Waals surface area contributed by atoms with Gasteiger partial charge in [-0.25, -0.2) is 8.42 Å². The van der Waals surface area contributed by atoms with E-state index in [1.165, 1.54) is 6.20 Å². The first kappa shape index (κ1) is 20.5. The van der Waals surface area contributed by atoms with Crippen LogP contribution in [0.5, 0.6) is 0 Å². The second-order valence-corrected chi connectivity index (χ2v) is 8.89. The summed E-state index contributed by atoms with van der Waals surface area (Å²) < 4.78 is 26.6. The van der Waals surface area contributed by atoms with E-state index < -0.39 is 21.0 Å². The Morgan fingerprint density at radius 3 is 2.21 bits per heavy atom. The molecule has 1 heterocycles. The van der Waals surface area contributed by atoms with Gasteiger partial charge in [-0.2, -0.15) is 0 Å². The van der Waals surface area contributed by atoms with Crippen LogP contribution in [0.2, 0.25) is 0 Å². The molecule has 2 aromatic carbocycles.